The van der Waals surface area contributed by atoms with Crippen molar-refractivity contribution in [3.8, 4) is 0 Å². The normalized spacial score (nSPS) is 11.3. The maximum atomic E-state index is 14.1. The Labute approximate surface area is 211 Å². The van der Waals surface area contributed by atoms with Crippen molar-refractivity contribution in [3.05, 3.63) is 110 Å². The predicted molar refractivity (Wildman–Crippen MR) is 142 cm³/mol. The van der Waals surface area contributed by atoms with Gasteiger partial charge in [0.15, 0.2) is 0 Å². The van der Waals surface area contributed by atoms with Crippen molar-refractivity contribution in [1.29, 1.82) is 0 Å². The van der Waals surface area contributed by atoms with Crippen molar-refractivity contribution in [3.63, 3.8) is 0 Å². The Morgan fingerprint density at radius 3 is 1.50 bits per heavy atom. The number of hydrogen-bond acceptors (Lipinski definition) is 1. The number of rotatable bonds is 3. The van der Waals surface area contributed by atoms with E-state index in [4.69, 9.17) is 23.2 Å². The minimum Gasteiger partial charge on any atom is -0.304 e. The number of hydrogen-bond donors (Lipinski definition) is 0. The summed E-state index contributed by atoms with van der Waals surface area (Å²) < 4.78 is 15.8. The summed E-state index contributed by atoms with van der Waals surface area (Å²) in [6, 6.07) is 26.8. The van der Waals surface area contributed by atoms with Gasteiger partial charge in [-0.05, 0) is 66.9 Å². The van der Waals surface area contributed by atoms with E-state index in [9.17, 15) is 4.39 Å². The van der Waals surface area contributed by atoms with E-state index >= 15 is 0 Å². The van der Waals surface area contributed by atoms with Crippen LogP contribution in [0.4, 0.5) is 21.5 Å². The first-order valence-electron chi connectivity index (χ1n) is 9.75. The third-order valence-corrected chi connectivity index (χ3v) is 7.21. The second kappa shape index (κ2) is 8.68. The second-order valence-corrected chi connectivity index (χ2v) is 9.81. The van der Waals surface area contributed by atoms with Gasteiger partial charge in [-0.15, -0.1) is 0 Å². The maximum absolute atomic E-state index is 14.1. The predicted octanol–water partition coefficient (Wildman–Crippen LogP) is 10.4. The molecule has 1 nitrogen and oxygen atoms in total. The fourth-order valence-corrected chi connectivity index (χ4v) is 5.67. The van der Waals surface area contributed by atoms with Crippen molar-refractivity contribution >= 4 is 93.7 Å². The van der Waals surface area contributed by atoms with Gasteiger partial charge in [-0.3, -0.25) is 0 Å². The smallest absolute Gasteiger partial charge is 0.126 e. The van der Waals surface area contributed by atoms with Gasteiger partial charge in [-0.1, -0.05) is 83.9 Å². The summed E-state index contributed by atoms with van der Waals surface area (Å²) in [6.45, 7) is 0. The Balaban J connectivity index is 1.98. The molecule has 0 amide bonds. The molecule has 0 heterocycles. The first kappa shape index (κ1) is 21.7. The molecule has 0 saturated heterocycles. The topological polar surface area (TPSA) is 3.24 Å². The molecule has 0 aliphatic rings. The summed E-state index contributed by atoms with van der Waals surface area (Å²) in [5.41, 5.74) is 2.22. The lowest BCUT2D eigenvalue weighted by Gasteiger charge is -2.31. The van der Waals surface area contributed by atoms with Crippen LogP contribution in [0.1, 0.15) is 0 Å². The molecule has 158 valence electrons. The molecule has 5 aromatic rings. The quantitative estimate of drug-likeness (QED) is 0.202. The Bertz CT molecular complexity index is 1390. The molecule has 0 spiro atoms. The van der Waals surface area contributed by atoms with E-state index in [1.807, 2.05) is 65.6 Å². The molecule has 0 aliphatic heterocycles. The minimum atomic E-state index is -0.488. The van der Waals surface area contributed by atoms with Gasteiger partial charge in [0, 0.05) is 19.7 Å². The number of anilines is 3. The fraction of sp³-hybridized carbons (Fsp3) is 0. The summed E-state index contributed by atoms with van der Waals surface area (Å²) in [5, 5.41) is 4.54. The van der Waals surface area contributed by atoms with Crippen molar-refractivity contribution < 1.29 is 4.39 Å². The Kier molecular flexibility index (Phi) is 5.89. The molecule has 0 unspecified atom stereocenters. The Morgan fingerprint density at radius 1 is 0.594 bits per heavy atom. The van der Waals surface area contributed by atoms with E-state index in [2.05, 4.69) is 44.0 Å². The van der Waals surface area contributed by atoms with Gasteiger partial charge in [-0.25, -0.2) is 4.39 Å². The molecule has 0 N–H and O–H groups in total. The summed E-state index contributed by atoms with van der Waals surface area (Å²) in [4.78, 5) is 2.00. The SMILES string of the molecule is Fc1cc(Cl)c(N(c2c(Br)ccc3ccccc23)c2c(Br)ccc3ccccc23)c(Cl)c1. The molecule has 0 fully saturated rings. The molecule has 0 radical (unpaired) electrons. The van der Waals surface area contributed by atoms with Crippen molar-refractivity contribution in [2.75, 3.05) is 4.90 Å². The van der Waals surface area contributed by atoms with Crippen molar-refractivity contribution in [1.82, 2.24) is 0 Å². The number of nitrogens with zero attached hydrogens (tertiary/aromatic N) is 1. The molecule has 0 aliphatic carbocycles. The van der Waals surface area contributed by atoms with Crippen LogP contribution in [0.15, 0.2) is 93.9 Å². The van der Waals surface area contributed by atoms with Crippen LogP contribution in [0.3, 0.4) is 0 Å². The van der Waals surface area contributed by atoms with E-state index in [1.165, 1.54) is 12.1 Å². The Hall–Kier alpha value is -2.11. The summed E-state index contributed by atoms with van der Waals surface area (Å²) >= 11 is 20.8. The molecule has 0 atom stereocenters. The number of fused-ring (bicyclic) bond motifs is 2. The average Bonchev–Trinajstić information content (AvgIpc) is 2.77. The van der Waals surface area contributed by atoms with Gasteiger partial charge in [-0.2, -0.15) is 0 Å². The third-order valence-electron chi connectivity index (χ3n) is 5.36. The molecule has 0 bridgehead atoms. The van der Waals surface area contributed by atoms with Gasteiger partial charge in [0.25, 0.3) is 0 Å². The Morgan fingerprint density at radius 2 is 1.03 bits per heavy atom. The number of benzene rings is 5. The minimum absolute atomic E-state index is 0.217. The van der Waals surface area contributed by atoms with E-state index in [0.29, 0.717) is 5.69 Å². The van der Waals surface area contributed by atoms with Crippen LogP contribution < -0.4 is 4.90 Å². The molecule has 0 aromatic heterocycles. The molecular weight excluding hydrogens is 576 g/mol. The highest BCUT2D eigenvalue weighted by molar-refractivity contribution is 9.11. The van der Waals surface area contributed by atoms with Crippen LogP contribution >= 0.6 is 55.1 Å². The van der Waals surface area contributed by atoms with Crippen molar-refractivity contribution in [2.24, 2.45) is 0 Å². The zero-order valence-corrected chi connectivity index (χ0v) is 21.1. The lowest BCUT2D eigenvalue weighted by molar-refractivity contribution is 0.628. The van der Waals surface area contributed by atoms with E-state index in [1.54, 1.807) is 0 Å². The third kappa shape index (κ3) is 3.69. The zero-order valence-electron chi connectivity index (χ0n) is 16.4. The highest BCUT2D eigenvalue weighted by atomic mass is 79.9. The van der Waals surface area contributed by atoms with E-state index in [0.717, 1.165) is 41.9 Å². The monoisotopic (exact) mass is 587 g/mol. The van der Waals surface area contributed by atoms with Crippen LogP contribution in [-0.2, 0) is 0 Å². The maximum Gasteiger partial charge on any atom is 0.126 e. The molecule has 5 rings (SSSR count). The van der Waals surface area contributed by atoms with Crippen LogP contribution in [0, 0.1) is 5.82 Å². The second-order valence-electron chi connectivity index (χ2n) is 7.29. The van der Waals surface area contributed by atoms with Crippen molar-refractivity contribution in [2.45, 2.75) is 0 Å². The largest absolute Gasteiger partial charge is 0.304 e. The molecule has 6 heteroatoms. The number of halogens is 5. The zero-order chi connectivity index (χ0) is 22.4. The average molecular weight is 590 g/mol. The highest BCUT2D eigenvalue weighted by Gasteiger charge is 2.26. The van der Waals surface area contributed by atoms with Gasteiger partial charge in [0.1, 0.15) is 5.82 Å². The summed E-state index contributed by atoms with van der Waals surface area (Å²) in [6.07, 6.45) is 0. The van der Waals surface area contributed by atoms with E-state index in [-0.39, 0.29) is 10.0 Å². The van der Waals surface area contributed by atoms with Crippen LogP contribution in [0.2, 0.25) is 10.0 Å². The molecule has 0 saturated carbocycles. The fourth-order valence-electron chi connectivity index (χ4n) is 4.00. The first-order valence-corrected chi connectivity index (χ1v) is 12.1. The standard InChI is InChI=1S/C26H14Br2Cl2FN/c27-20-11-9-15-5-1-3-7-18(15)24(20)32(26-22(29)13-17(31)14-23(26)30)25-19-8-4-2-6-16(19)10-12-21(25)28/h1-14H. The highest BCUT2D eigenvalue weighted by Crippen LogP contribution is 2.51. The van der Waals surface area contributed by atoms with Gasteiger partial charge < -0.3 is 4.90 Å². The van der Waals surface area contributed by atoms with E-state index < -0.39 is 5.82 Å². The van der Waals surface area contributed by atoms with Crippen LogP contribution in [0.25, 0.3) is 21.5 Å². The van der Waals surface area contributed by atoms with Crippen LogP contribution in [-0.4, -0.2) is 0 Å². The van der Waals surface area contributed by atoms with Gasteiger partial charge >= 0.3 is 0 Å². The first-order chi connectivity index (χ1) is 15.5. The molecule has 5 aromatic carbocycles. The summed E-state index contributed by atoms with van der Waals surface area (Å²) in [5.74, 6) is -0.488. The molecule has 32 heavy (non-hydrogen) atoms. The summed E-state index contributed by atoms with van der Waals surface area (Å²) in [7, 11) is 0. The molecular formula is C26H14Br2Cl2FN. The van der Waals surface area contributed by atoms with Gasteiger partial charge in [0.2, 0.25) is 0 Å². The lowest BCUT2D eigenvalue weighted by Crippen LogP contribution is -2.14. The lowest BCUT2D eigenvalue weighted by atomic mass is 10.0. The van der Waals surface area contributed by atoms with Gasteiger partial charge in [0.05, 0.1) is 27.1 Å². The van der Waals surface area contributed by atoms with Crippen LogP contribution in [0.5, 0.6) is 0 Å².